The van der Waals surface area contributed by atoms with Gasteiger partial charge in [-0.1, -0.05) is 12.1 Å². The van der Waals surface area contributed by atoms with E-state index in [0.717, 1.165) is 74.9 Å². The van der Waals surface area contributed by atoms with Gasteiger partial charge in [-0.05, 0) is 68.3 Å². The minimum absolute atomic E-state index is 0.123. The fraction of sp³-hybridized carbons (Fsp3) is 0.433. The van der Waals surface area contributed by atoms with Crippen LogP contribution in [0.4, 0.5) is 20.7 Å². The zero-order valence-corrected chi connectivity index (χ0v) is 24.2. The Balaban J connectivity index is 1.17. The number of nitrogens with zero attached hydrogens (tertiary/aromatic N) is 5. The number of benzene rings is 1. The number of amides is 2. The number of nitrogen functional groups attached to an aromatic ring is 1. The fourth-order valence-corrected chi connectivity index (χ4v) is 6.91. The van der Waals surface area contributed by atoms with Crippen LogP contribution in [0.25, 0.3) is 22.2 Å². The van der Waals surface area contributed by atoms with E-state index in [1.165, 1.54) is 17.3 Å². The number of aromatic nitrogens is 3. The van der Waals surface area contributed by atoms with Gasteiger partial charge in [0.15, 0.2) is 0 Å². The number of rotatable bonds is 7. The maximum absolute atomic E-state index is 15.2. The molecule has 1 aliphatic carbocycles. The lowest BCUT2D eigenvalue weighted by Crippen LogP contribution is -2.49. The predicted octanol–water partition coefficient (Wildman–Crippen LogP) is 4.98. The van der Waals surface area contributed by atoms with Gasteiger partial charge in [0.05, 0.1) is 11.1 Å². The highest BCUT2D eigenvalue weighted by Gasteiger charge is 2.30. The van der Waals surface area contributed by atoms with Crippen molar-refractivity contribution in [1.29, 1.82) is 0 Å². The third-order valence-corrected chi connectivity index (χ3v) is 9.45. The van der Waals surface area contributed by atoms with E-state index in [0.29, 0.717) is 30.0 Å². The Bertz CT molecular complexity index is 1490. The summed E-state index contributed by atoms with van der Waals surface area (Å²) in [5, 5.41) is 8.15. The number of halogens is 1. The molecule has 3 aromatic heterocycles. The van der Waals surface area contributed by atoms with Gasteiger partial charge in [-0.2, -0.15) is 0 Å². The third kappa shape index (κ3) is 6.07. The number of thiophene rings is 1. The highest BCUT2D eigenvalue weighted by Crippen LogP contribution is 2.39. The second-order valence-electron chi connectivity index (χ2n) is 11.1. The monoisotopic (exact) mass is 576 g/mol. The number of hydrogen-bond acceptors (Lipinski definition) is 7. The number of fused-ring (bicyclic) bond motifs is 1. The summed E-state index contributed by atoms with van der Waals surface area (Å²) < 4.78 is 17.4. The normalized spacial score (nSPS) is 20.3. The van der Waals surface area contributed by atoms with E-state index in [9.17, 15) is 4.79 Å². The van der Waals surface area contributed by atoms with Crippen molar-refractivity contribution < 1.29 is 9.18 Å². The molecule has 216 valence electrons. The number of likely N-dealkylation sites (N-methyl/N-ethyl adjacent to an activating group) is 1. The molecule has 1 aliphatic heterocycles. The van der Waals surface area contributed by atoms with E-state index in [1.54, 1.807) is 23.5 Å². The number of carbonyl (C=O) groups is 1. The maximum atomic E-state index is 15.2. The molecule has 4 aromatic rings. The van der Waals surface area contributed by atoms with Gasteiger partial charge in [0.25, 0.3) is 0 Å². The summed E-state index contributed by atoms with van der Waals surface area (Å²) in [6, 6.07) is 9.33. The largest absolute Gasteiger partial charge is 0.383 e. The van der Waals surface area contributed by atoms with Crippen LogP contribution in [0.3, 0.4) is 0 Å². The smallest absolute Gasteiger partial charge is 0.319 e. The SMILES string of the molecule is CN1CCN(C2CCC(n3cc(-c4ccc(NC(=O)NCCc5cccs5)c(F)c4)c4c(N)ncnc43)CC2)CC1. The number of piperazine rings is 1. The first-order chi connectivity index (χ1) is 20.0. The lowest BCUT2D eigenvalue weighted by Gasteiger charge is -2.41. The van der Waals surface area contributed by atoms with Crippen molar-refractivity contribution in [3.8, 4) is 11.1 Å². The molecule has 1 saturated heterocycles. The summed E-state index contributed by atoms with van der Waals surface area (Å²) in [6.07, 6.45) is 8.69. The lowest BCUT2D eigenvalue weighted by molar-refractivity contribution is 0.0828. The highest BCUT2D eigenvalue weighted by molar-refractivity contribution is 7.09. The van der Waals surface area contributed by atoms with Crippen LogP contribution in [0.1, 0.15) is 36.6 Å². The van der Waals surface area contributed by atoms with Crippen molar-refractivity contribution >= 4 is 39.9 Å². The van der Waals surface area contributed by atoms with Crippen LogP contribution in [-0.2, 0) is 6.42 Å². The molecule has 0 bridgehead atoms. The van der Waals surface area contributed by atoms with Crippen LogP contribution in [0.2, 0.25) is 0 Å². The molecule has 0 unspecified atom stereocenters. The molecular formula is C30H37FN8OS. The Morgan fingerprint density at radius 1 is 1.10 bits per heavy atom. The second-order valence-corrected chi connectivity index (χ2v) is 12.1. The summed E-state index contributed by atoms with van der Waals surface area (Å²) >= 11 is 1.64. The second kappa shape index (κ2) is 12.1. The molecule has 2 amide bonds. The molecule has 41 heavy (non-hydrogen) atoms. The first-order valence-electron chi connectivity index (χ1n) is 14.4. The Hall–Kier alpha value is -3.54. The molecule has 11 heteroatoms. The molecule has 6 rings (SSSR count). The number of hydrogen-bond donors (Lipinski definition) is 3. The number of anilines is 2. The quantitative estimate of drug-likeness (QED) is 0.287. The maximum Gasteiger partial charge on any atom is 0.319 e. The summed E-state index contributed by atoms with van der Waals surface area (Å²) in [4.78, 5) is 27.4. The van der Waals surface area contributed by atoms with Crippen molar-refractivity contribution in [2.45, 2.75) is 44.2 Å². The summed E-state index contributed by atoms with van der Waals surface area (Å²) in [7, 11) is 2.19. The van der Waals surface area contributed by atoms with E-state index in [2.05, 4.69) is 48.2 Å². The number of nitrogens with two attached hydrogens (primary N) is 1. The molecule has 4 N–H and O–H groups in total. The van der Waals surface area contributed by atoms with Crippen LogP contribution in [0, 0.1) is 5.82 Å². The van der Waals surface area contributed by atoms with Crippen molar-refractivity contribution in [2.24, 2.45) is 0 Å². The molecule has 0 radical (unpaired) electrons. The highest BCUT2D eigenvalue weighted by atomic mass is 32.1. The minimum Gasteiger partial charge on any atom is -0.383 e. The van der Waals surface area contributed by atoms with Gasteiger partial charge >= 0.3 is 6.03 Å². The van der Waals surface area contributed by atoms with Crippen molar-refractivity contribution in [3.05, 3.63) is 58.9 Å². The molecule has 1 aromatic carbocycles. The van der Waals surface area contributed by atoms with E-state index in [1.807, 2.05) is 17.5 Å². The van der Waals surface area contributed by atoms with Crippen LogP contribution < -0.4 is 16.4 Å². The van der Waals surface area contributed by atoms with E-state index in [-0.39, 0.29) is 5.69 Å². The summed E-state index contributed by atoms with van der Waals surface area (Å²) in [5.41, 5.74) is 8.72. The lowest BCUT2D eigenvalue weighted by atomic mass is 9.89. The van der Waals surface area contributed by atoms with Gasteiger partial charge in [0.2, 0.25) is 0 Å². The number of urea groups is 1. The molecule has 2 aliphatic rings. The Morgan fingerprint density at radius 2 is 1.88 bits per heavy atom. The van der Waals surface area contributed by atoms with Gasteiger partial charge in [-0.25, -0.2) is 19.2 Å². The number of carbonyl (C=O) groups excluding carboxylic acids is 1. The number of nitrogens with one attached hydrogen (secondary N) is 2. The Labute approximate surface area is 243 Å². The molecule has 0 atom stereocenters. The predicted molar refractivity (Wildman–Crippen MR) is 163 cm³/mol. The van der Waals surface area contributed by atoms with Gasteiger partial charge in [-0.3, -0.25) is 4.90 Å². The minimum atomic E-state index is -0.514. The fourth-order valence-electron chi connectivity index (χ4n) is 6.20. The van der Waals surface area contributed by atoms with Crippen molar-refractivity contribution in [3.63, 3.8) is 0 Å². The van der Waals surface area contributed by atoms with Crippen LogP contribution >= 0.6 is 11.3 Å². The zero-order chi connectivity index (χ0) is 28.3. The molecule has 9 nitrogen and oxygen atoms in total. The topological polar surface area (TPSA) is 104 Å². The first kappa shape index (κ1) is 27.6. The summed E-state index contributed by atoms with van der Waals surface area (Å²) in [5.74, 6) is -0.137. The van der Waals surface area contributed by atoms with Gasteiger partial charge in [0.1, 0.15) is 23.6 Å². The van der Waals surface area contributed by atoms with Crippen molar-refractivity contribution in [2.75, 3.05) is 50.8 Å². The van der Waals surface area contributed by atoms with Crippen molar-refractivity contribution in [1.82, 2.24) is 29.7 Å². The molecular weight excluding hydrogens is 539 g/mol. The average Bonchev–Trinajstić information content (AvgIpc) is 3.64. The molecule has 0 spiro atoms. The molecule has 2 fully saturated rings. The van der Waals surface area contributed by atoms with Crippen LogP contribution in [0.15, 0.2) is 48.2 Å². The Morgan fingerprint density at radius 3 is 2.61 bits per heavy atom. The van der Waals surface area contributed by atoms with Crippen LogP contribution in [-0.4, -0.2) is 76.2 Å². The first-order valence-corrected chi connectivity index (χ1v) is 15.2. The third-order valence-electron chi connectivity index (χ3n) is 8.52. The van der Waals surface area contributed by atoms with E-state index >= 15 is 4.39 Å². The van der Waals surface area contributed by atoms with Crippen LogP contribution in [0.5, 0.6) is 0 Å². The Kier molecular flexibility index (Phi) is 8.18. The van der Waals surface area contributed by atoms with Gasteiger partial charge in [-0.15, -0.1) is 11.3 Å². The van der Waals surface area contributed by atoms with E-state index in [4.69, 9.17) is 5.73 Å². The standard InChI is InChI=1S/C30H37FN8OS/c1-37-12-14-38(15-13-37)21-5-7-22(8-6-21)39-18-24(27-28(32)34-19-35-29(27)39)20-4-9-26(25(31)17-20)36-30(40)33-11-10-23-3-2-16-41-23/h2-4,9,16-19,21-22H,5-8,10-15H2,1H3,(H2,32,34,35)(H2,33,36,40). The molecule has 4 heterocycles. The van der Waals surface area contributed by atoms with Gasteiger partial charge in [0, 0.05) is 61.4 Å². The zero-order valence-electron chi connectivity index (χ0n) is 23.4. The van der Waals surface area contributed by atoms with E-state index < -0.39 is 11.8 Å². The molecule has 1 saturated carbocycles. The summed E-state index contributed by atoms with van der Waals surface area (Å²) in [6.45, 7) is 5.01. The van der Waals surface area contributed by atoms with Gasteiger partial charge < -0.3 is 25.8 Å². The average molecular weight is 577 g/mol.